The number of benzene rings is 2. The highest BCUT2D eigenvalue weighted by atomic mass is 35.5. The van der Waals surface area contributed by atoms with E-state index in [-0.39, 0.29) is 24.2 Å². The van der Waals surface area contributed by atoms with Gasteiger partial charge in [0.05, 0.1) is 13.1 Å². The second-order valence-electron chi connectivity index (χ2n) is 7.08. The van der Waals surface area contributed by atoms with Gasteiger partial charge in [0.2, 0.25) is 0 Å². The van der Waals surface area contributed by atoms with Crippen molar-refractivity contribution in [3.63, 3.8) is 0 Å². The first kappa shape index (κ1) is 22.2. The molecular formula is C22H24ClN5O3. The number of nitrogens with zero attached hydrogens (tertiary/aromatic N) is 3. The number of ether oxygens (including phenoxy) is 1. The van der Waals surface area contributed by atoms with Crippen LogP contribution in [0.4, 0.5) is 5.82 Å². The number of nitrogens with one attached hydrogen (secondary N) is 1. The fourth-order valence-electron chi connectivity index (χ4n) is 2.88. The van der Waals surface area contributed by atoms with Gasteiger partial charge >= 0.3 is 0 Å². The third-order valence-electron chi connectivity index (χ3n) is 4.44. The van der Waals surface area contributed by atoms with Gasteiger partial charge in [-0.1, -0.05) is 29.8 Å². The number of nitrogen functional groups attached to an aromatic ring is 1. The molecule has 3 N–H and O–H groups in total. The minimum Gasteiger partial charge on any atom is -0.492 e. The van der Waals surface area contributed by atoms with Crippen molar-refractivity contribution in [3.8, 4) is 5.75 Å². The Hall–Kier alpha value is -3.52. The highest BCUT2D eigenvalue weighted by Gasteiger charge is 2.14. The number of hydrogen-bond acceptors (Lipinski definition) is 5. The normalized spacial score (nSPS) is 10.5. The van der Waals surface area contributed by atoms with Crippen LogP contribution in [-0.2, 0) is 6.54 Å². The Morgan fingerprint density at radius 3 is 2.61 bits per heavy atom. The highest BCUT2D eigenvalue weighted by Crippen LogP contribution is 2.17. The minimum absolute atomic E-state index is 0.0619. The topological polar surface area (TPSA) is 102 Å². The van der Waals surface area contributed by atoms with Crippen molar-refractivity contribution in [1.29, 1.82) is 0 Å². The van der Waals surface area contributed by atoms with E-state index in [4.69, 9.17) is 22.1 Å². The van der Waals surface area contributed by atoms with Gasteiger partial charge in [0.25, 0.3) is 11.8 Å². The summed E-state index contributed by atoms with van der Waals surface area (Å²) in [6.07, 6.45) is 1.60. The maximum absolute atomic E-state index is 12.4. The summed E-state index contributed by atoms with van der Waals surface area (Å²) in [5.74, 6) is 0.388. The van der Waals surface area contributed by atoms with Gasteiger partial charge in [0, 0.05) is 30.9 Å². The Kier molecular flexibility index (Phi) is 7.15. The zero-order valence-corrected chi connectivity index (χ0v) is 18.1. The van der Waals surface area contributed by atoms with Crippen molar-refractivity contribution in [2.45, 2.75) is 6.54 Å². The van der Waals surface area contributed by atoms with Crippen molar-refractivity contribution in [3.05, 3.63) is 76.4 Å². The molecule has 1 heterocycles. The standard InChI is InChI=1S/C22H24ClN5O3/c1-27(2)22(30)16-8-6-15(7-9-16)13-28-14-19(20(24)26-28)21(29)25-10-11-31-18-5-3-4-17(23)12-18/h3-9,12,14H,10-11,13H2,1-2H3,(H2,24,26)(H,25,29). The van der Waals surface area contributed by atoms with E-state index >= 15 is 0 Å². The lowest BCUT2D eigenvalue weighted by atomic mass is 10.1. The lowest BCUT2D eigenvalue weighted by molar-refractivity contribution is 0.0827. The third-order valence-corrected chi connectivity index (χ3v) is 4.67. The smallest absolute Gasteiger partial charge is 0.256 e. The number of aromatic nitrogens is 2. The first-order valence-electron chi connectivity index (χ1n) is 9.63. The largest absolute Gasteiger partial charge is 0.492 e. The summed E-state index contributed by atoms with van der Waals surface area (Å²) in [5, 5.41) is 7.55. The fraction of sp³-hybridized carbons (Fsp3) is 0.227. The average molecular weight is 442 g/mol. The Labute approximate surface area is 185 Å². The molecular weight excluding hydrogens is 418 g/mol. The predicted octanol–water partition coefficient (Wildman–Crippen LogP) is 2.68. The van der Waals surface area contributed by atoms with Gasteiger partial charge in [-0.2, -0.15) is 5.10 Å². The zero-order chi connectivity index (χ0) is 22.4. The van der Waals surface area contributed by atoms with E-state index in [0.29, 0.717) is 35.0 Å². The quantitative estimate of drug-likeness (QED) is 0.523. The third kappa shape index (κ3) is 5.99. The van der Waals surface area contributed by atoms with E-state index < -0.39 is 0 Å². The van der Waals surface area contributed by atoms with Crippen molar-refractivity contribution in [2.75, 3.05) is 33.0 Å². The molecule has 162 valence electrons. The Morgan fingerprint density at radius 2 is 1.94 bits per heavy atom. The molecule has 0 bridgehead atoms. The summed E-state index contributed by atoms with van der Waals surface area (Å²) in [4.78, 5) is 25.9. The lowest BCUT2D eigenvalue weighted by Gasteiger charge is -2.10. The summed E-state index contributed by atoms with van der Waals surface area (Å²) < 4.78 is 7.14. The van der Waals surface area contributed by atoms with Gasteiger partial charge in [-0.05, 0) is 35.9 Å². The minimum atomic E-state index is -0.328. The van der Waals surface area contributed by atoms with Gasteiger partial charge < -0.3 is 20.7 Å². The molecule has 3 rings (SSSR count). The Morgan fingerprint density at radius 1 is 1.19 bits per heavy atom. The highest BCUT2D eigenvalue weighted by molar-refractivity contribution is 6.30. The number of amides is 2. The number of hydrogen-bond donors (Lipinski definition) is 2. The molecule has 3 aromatic rings. The molecule has 0 atom stereocenters. The molecule has 0 saturated heterocycles. The molecule has 0 aliphatic heterocycles. The molecule has 2 aromatic carbocycles. The molecule has 0 radical (unpaired) electrons. The van der Waals surface area contributed by atoms with Gasteiger partial charge in [-0.25, -0.2) is 0 Å². The van der Waals surface area contributed by atoms with E-state index in [1.54, 1.807) is 61.4 Å². The van der Waals surface area contributed by atoms with Crippen LogP contribution in [0.2, 0.25) is 5.02 Å². The lowest BCUT2D eigenvalue weighted by Crippen LogP contribution is -2.28. The van der Waals surface area contributed by atoms with Crippen molar-refractivity contribution in [1.82, 2.24) is 20.0 Å². The van der Waals surface area contributed by atoms with Crippen molar-refractivity contribution < 1.29 is 14.3 Å². The molecule has 0 aliphatic rings. The second-order valence-corrected chi connectivity index (χ2v) is 7.52. The van der Waals surface area contributed by atoms with E-state index in [1.807, 2.05) is 12.1 Å². The number of rotatable bonds is 8. The molecule has 31 heavy (non-hydrogen) atoms. The molecule has 9 heteroatoms. The average Bonchev–Trinajstić information content (AvgIpc) is 3.11. The Bertz CT molecular complexity index is 1060. The predicted molar refractivity (Wildman–Crippen MR) is 119 cm³/mol. The molecule has 0 unspecified atom stereocenters. The van der Waals surface area contributed by atoms with Crippen LogP contribution in [0.1, 0.15) is 26.3 Å². The van der Waals surface area contributed by atoms with E-state index in [1.165, 1.54) is 4.90 Å². The molecule has 0 spiro atoms. The maximum atomic E-state index is 12.4. The zero-order valence-electron chi connectivity index (χ0n) is 17.3. The van der Waals surface area contributed by atoms with Crippen LogP contribution >= 0.6 is 11.6 Å². The number of carbonyl (C=O) groups excluding carboxylic acids is 2. The summed E-state index contributed by atoms with van der Waals surface area (Å²) in [5.41, 5.74) is 7.75. The van der Waals surface area contributed by atoms with E-state index in [2.05, 4.69) is 10.4 Å². The number of anilines is 1. The Balaban J connectivity index is 1.53. The van der Waals surface area contributed by atoms with Crippen LogP contribution in [0.3, 0.4) is 0 Å². The summed E-state index contributed by atoms with van der Waals surface area (Å²) >= 11 is 5.91. The first-order chi connectivity index (χ1) is 14.8. The van der Waals surface area contributed by atoms with Gasteiger partial charge in [0.15, 0.2) is 5.82 Å². The van der Waals surface area contributed by atoms with Crippen LogP contribution in [0.15, 0.2) is 54.7 Å². The summed E-state index contributed by atoms with van der Waals surface area (Å²) in [7, 11) is 3.41. The molecule has 8 nitrogen and oxygen atoms in total. The van der Waals surface area contributed by atoms with Crippen molar-refractivity contribution in [2.24, 2.45) is 0 Å². The molecule has 1 aromatic heterocycles. The van der Waals surface area contributed by atoms with Gasteiger partial charge in [0.1, 0.15) is 17.9 Å². The van der Waals surface area contributed by atoms with Crippen LogP contribution in [0.25, 0.3) is 0 Å². The van der Waals surface area contributed by atoms with Crippen LogP contribution in [0.5, 0.6) is 5.75 Å². The van der Waals surface area contributed by atoms with E-state index in [0.717, 1.165) is 5.56 Å². The van der Waals surface area contributed by atoms with E-state index in [9.17, 15) is 9.59 Å². The molecule has 2 amide bonds. The second kappa shape index (κ2) is 9.99. The first-order valence-corrected chi connectivity index (χ1v) is 10.0. The fourth-order valence-corrected chi connectivity index (χ4v) is 3.06. The number of carbonyl (C=O) groups is 2. The number of halogens is 1. The van der Waals surface area contributed by atoms with Gasteiger partial charge in [-0.3, -0.25) is 14.3 Å². The summed E-state index contributed by atoms with van der Waals surface area (Å²) in [6, 6.07) is 14.3. The molecule has 0 saturated carbocycles. The van der Waals surface area contributed by atoms with Gasteiger partial charge in [-0.15, -0.1) is 0 Å². The SMILES string of the molecule is CN(C)C(=O)c1ccc(Cn2cc(C(=O)NCCOc3cccc(Cl)c3)c(N)n2)cc1. The van der Waals surface area contributed by atoms with Crippen molar-refractivity contribution >= 4 is 29.2 Å². The molecule has 0 fully saturated rings. The van der Waals surface area contributed by atoms with Crippen LogP contribution in [-0.4, -0.2) is 53.7 Å². The van der Waals surface area contributed by atoms with Crippen LogP contribution < -0.4 is 15.8 Å². The number of nitrogens with two attached hydrogens (primary N) is 1. The monoisotopic (exact) mass is 441 g/mol. The summed E-state index contributed by atoms with van der Waals surface area (Å²) in [6.45, 7) is 1.02. The molecule has 0 aliphatic carbocycles. The van der Waals surface area contributed by atoms with Crippen LogP contribution in [0, 0.1) is 0 Å². The maximum Gasteiger partial charge on any atom is 0.256 e.